The van der Waals surface area contributed by atoms with E-state index in [1.165, 1.54) is 31.2 Å². The maximum Gasteiger partial charge on any atom is 0.262 e. The summed E-state index contributed by atoms with van der Waals surface area (Å²) in [6.07, 6.45) is 1.83. The molecule has 0 bridgehead atoms. The van der Waals surface area contributed by atoms with Crippen molar-refractivity contribution in [2.45, 2.75) is 30.7 Å². The van der Waals surface area contributed by atoms with Crippen LogP contribution in [0.4, 0.5) is 10.1 Å². The molecule has 0 radical (unpaired) electrons. The highest BCUT2D eigenvalue weighted by molar-refractivity contribution is 7.92. The van der Waals surface area contributed by atoms with Gasteiger partial charge in [0.15, 0.2) is 0 Å². The lowest BCUT2D eigenvalue weighted by molar-refractivity contribution is 0.0741. The van der Waals surface area contributed by atoms with E-state index in [1.54, 1.807) is 17.0 Å². The molecule has 0 aliphatic carbocycles. The number of amides is 1. The second kappa shape index (κ2) is 7.66. The van der Waals surface area contributed by atoms with Crippen molar-refractivity contribution in [3.05, 3.63) is 59.4 Å². The molecule has 8 heteroatoms. The van der Waals surface area contributed by atoms with Crippen molar-refractivity contribution in [3.63, 3.8) is 0 Å². The van der Waals surface area contributed by atoms with Gasteiger partial charge in [-0.25, -0.2) is 12.8 Å². The fourth-order valence-electron chi connectivity index (χ4n) is 3.32. The molecule has 3 rings (SSSR count). The van der Waals surface area contributed by atoms with Crippen LogP contribution in [0.1, 0.15) is 28.8 Å². The molecule has 1 atom stereocenters. The lowest BCUT2D eigenvalue weighted by Gasteiger charge is -2.23. The van der Waals surface area contributed by atoms with Gasteiger partial charge in [0.25, 0.3) is 15.9 Å². The zero-order valence-electron chi connectivity index (χ0n) is 15.0. The summed E-state index contributed by atoms with van der Waals surface area (Å²) in [4.78, 5) is 14.4. The SMILES string of the molecule is Cc1cc(F)ccc1S(=O)(=O)Nc1ccc(C(=O)N2CCCC2CN)cc1. The van der Waals surface area contributed by atoms with Crippen LogP contribution in [-0.4, -0.2) is 38.4 Å². The van der Waals surface area contributed by atoms with Gasteiger partial charge in [0.1, 0.15) is 5.82 Å². The third-order valence-electron chi connectivity index (χ3n) is 4.72. The Bertz CT molecular complexity index is 945. The van der Waals surface area contributed by atoms with Crippen LogP contribution in [-0.2, 0) is 10.0 Å². The average Bonchev–Trinajstić information content (AvgIpc) is 3.09. The summed E-state index contributed by atoms with van der Waals surface area (Å²) in [6.45, 7) is 2.64. The van der Waals surface area contributed by atoms with Crippen molar-refractivity contribution < 1.29 is 17.6 Å². The van der Waals surface area contributed by atoms with Crippen LogP contribution in [0.15, 0.2) is 47.4 Å². The summed E-state index contributed by atoms with van der Waals surface area (Å²) in [5.41, 5.74) is 6.84. The van der Waals surface area contributed by atoms with Crippen molar-refractivity contribution in [2.75, 3.05) is 17.8 Å². The molecule has 0 aromatic heterocycles. The first-order chi connectivity index (χ1) is 12.8. The van der Waals surface area contributed by atoms with Crippen LogP contribution in [0.3, 0.4) is 0 Å². The zero-order valence-corrected chi connectivity index (χ0v) is 15.8. The third-order valence-corrected chi connectivity index (χ3v) is 6.26. The first-order valence-electron chi connectivity index (χ1n) is 8.72. The number of hydrogen-bond donors (Lipinski definition) is 2. The Morgan fingerprint density at radius 1 is 1.26 bits per heavy atom. The second-order valence-electron chi connectivity index (χ2n) is 6.62. The fourth-order valence-corrected chi connectivity index (χ4v) is 4.61. The Kier molecular flexibility index (Phi) is 5.48. The molecule has 1 unspecified atom stereocenters. The Morgan fingerprint density at radius 2 is 1.96 bits per heavy atom. The van der Waals surface area contributed by atoms with E-state index >= 15 is 0 Å². The van der Waals surface area contributed by atoms with Gasteiger partial charge in [0, 0.05) is 30.4 Å². The minimum absolute atomic E-state index is 0.00640. The molecule has 2 aromatic carbocycles. The number of carbonyl (C=O) groups excluding carboxylic acids is 1. The monoisotopic (exact) mass is 391 g/mol. The zero-order chi connectivity index (χ0) is 19.6. The minimum Gasteiger partial charge on any atom is -0.334 e. The standard InChI is InChI=1S/C19H22FN3O3S/c1-13-11-15(20)6-9-18(13)27(25,26)22-16-7-4-14(5-8-16)19(24)23-10-2-3-17(23)12-21/h4-9,11,17,22H,2-3,10,12,21H2,1H3. The van der Waals surface area contributed by atoms with Crippen LogP contribution in [0.25, 0.3) is 0 Å². The Labute approximate surface area is 158 Å². The molecule has 3 N–H and O–H groups in total. The normalized spacial score (nSPS) is 17.1. The molecule has 6 nitrogen and oxygen atoms in total. The molecule has 2 aromatic rings. The molecule has 1 aliphatic heterocycles. The van der Waals surface area contributed by atoms with Crippen molar-refractivity contribution >= 4 is 21.6 Å². The summed E-state index contributed by atoms with van der Waals surface area (Å²) in [6, 6.07) is 9.80. The molecule has 1 aliphatic rings. The van der Waals surface area contributed by atoms with Gasteiger partial charge < -0.3 is 10.6 Å². The molecule has 0 spiro atoms. The number of nitrogens with two attached hydrogens (primary N) is 1. The fraction of sp³-hybridized carbons (Fsp3) is 0.316. The molecule has 1 amide bonds. The second-order valence-corrected chi connectivity index (χ2v) is 8.27. The molecular formula is C19H22FN3O3S. The van der Waals surface area contributed by atoms with Crippen LogP contribution < -0.4 is 10.5 Å². The molecule has 27 heavy (non-hydrogen) atoms. The van der Waals surface area contributed by atoms with Gasteiger partial charge in [-0.05, 0) is 67.8 Å². The van der Waals surface area contributed by atoms with Crippen LogP contribution in [0, 0.1) is 12.7 Å². The Morgan fingerprint density at radius 3 is 2.59 bits per heavy atom. The average molecular weight is 391 g/mol. The third kappa shape index (κ3) is 4.12. The molecular weight excluding hydrogens is 369 g/mol. The molecule has 1 fully saturated rings. The summed E-state index contributed by atoms with van der Waals surface area (Å²) >= 11 is 0. The number of carbonyl (C=O) groups is 1. The van der Waals surface area contributed by atoms with Crippen LogP contribution in [0.2, 0.25) is 0 Å². The van der Waals surface area contributed by atoms with E-state index in [9.17, 15) is 17.6 Å². The smallest absolute Gasteiger partial charge is 0.262 e. The maximum atomic E-state index is 13.2. The highest BCUT2D eigenvalue weighted by atomic mass is 32.2. The largest absolute Gasteiger partial charge is 0.334 e. The topological polar surface area (TPSA) is 92.5 Å². The number of anilines is 1. The first kappa shape index (κ1) is 19.3. The quantitative estimate of drug-likeness (QED) is 0.819. The molecule has 1 saturated heterocycles. The van der Waals surface area contributed by atoms with Gasteiger partial charge in [-0.1, -0.05) is 0 Å². The highest BCUT2D eigenvalue weighted by Gasteiger charge is 2.28. The minimum atomic E-state index is -3.85. The number of nitrogens with zero attached hydrogens (tertiary/aromatic N) is 1. The predicted molar refractivity (Wildman–Crippen MR) is 102 cm³/mol. The number of sulfonamides is 1. The number of halogens is 1. The van der Waals surface area contributed by atoms with Gasteiger partial charge >= 0.3 is 0 Å². The van der Waals surface area contributed by atoms with Crippen molar-refractivity contribution in [1.82, 2.24) is 4.90 Å². The van der Waals surface area contributed by atoms with Gasteiger partial charge in [-0.15, -0.1) is 0 Å². The van der Waals surface area contributed by atoms with E-state index in [-0.39, 0.29) is 16.8 Å². The van der Waals surface area contributed by atoms with E-state index in [4.69, 9.17) is 5.73 Å². The summed E-state index contributed by atoms with van der Waals surface area (Å²) in [5, 5.41) is 0. The number of aryl methyl sites for hydroxylation is 1. The lowest BCUT2D eigenvalue weighted by atomic mass is 10.1. The van der Waals surface area contributed by atoms with Crippen LogP contribution >= 0.6 is 0 Å². The number of benzene rings is 2. The number of hydrogen-bond acceptors (Lipinski definition) is 4. The van der Waals surface area contributed by atoms with Crippen molar-refractivity contribution in [1.29, 1.82) is 0 Å². The van der Waals surface area contributed by atoms with Crippen LogP contribution in [0.5, 0.6) is 0 Å². The number of nitrogens with one attached hydrogen (secondary N) is 1. The summed E-state index contributed by atoms with van der Waals surface area (Å²) in [5.74, 6) is -0.598. The van der Waals surface area contributed by atoms with E-state index in [2.05, 4.69) is 4.72 Å². The Hall–Kier alpha value is -2.45. The number of likely N-dealkylation sites (tertiary alicyclic amines) is 1. The highest BCUT2D eigenvalue weighted by Crippen LogP contribution is 2.23. The van der Waals surface area contributed by atoms with Gasteiger partial charge in [0.2, 0.25) is 0 Å². The van der Waals surface area contributed by atoms with Crippen molar-refractivity contribution in [3.8, 4) is 0 Å². The van der Waals surface area contributed by atoms with Gasteiger partial charge in [0.05, 0.1) is 4.90 Å². The maximum absolute atomic E-state index is 13.2. The Balaban J connectivity index is 1.76. The van der Waals surface area contributed by atoms with E-state index in [0.29, 0.717) is 29.9 Å². The first-order valence-corrected chi connectivity index (χ1v) is 10.2. The predicted octanol–water partition coefficient (Wildman–Crippen LogP) is 2.50. The van der Waals surface area contributed by atoms with Gasteiger partial charge in [-0.2, -0.15) is 0 Å². The van der Waals surface area contributed by atoms with E-state index in [0.717, 1.165) is 18.9 Å². The van der Waals surface area contributed by atoms with E-state index in [1.807, 2.05) is 0 Å². The lowest BCUT2D eigenvalue weighted by Crippen LogP contribution is -2.39. The van der Waals surface area contributed by atoms with Crippen molar-refractivity contribution in [2.24, 2.45) is 5.73 Å². The molecule has 144 valence electrons. The number of rotatable bonds is 5. The molecule has 1 heterocycles. The summed E-state index contributed by atoms with van der Waals surface area (Å²) < 4.78 is 40.7. The van der Waals surface area contributed by atoms with E-state index < -0.39 is 15.8 Å². The van der Waals surface area contributed by atoms with Gasteiger partial charge in [-0.3, -0.25) is 9.52 Å². The summed E-state index contributed by atoms with van der Waals surface area (Å²) in [7, 11) is -3.85. The molecule has 0 saturated carbocycles.